The van der Waals surface area contributed by atoms with E-state index in [2.05, 4.69) is 0 Å². The SMILES string of the molecule is N#CCCCC(=O)CCCC(=O)c1ccccc1. The predicted octanol–water partition coefficient (Wildman–Crippen LogP) is 3.30. The molecule has 0 unspecified atom stereocenters. The Morgan fingerprint density at radius 3 is 2.33 bits per heavy atom. The van der Waals surface area contributed by atoms with Gasteiger partial charge < -0.3 is 0 Å². The molecule has 0 aliphatic carbocycles. The number of carbonyl (C=O) groups excluding carboxylic acids is 2. The molecule has 0 spiro atoms. The summed E-state index contributed by atoms with van der Waals surface area (Å²) in [6.45, 7) is 0. The molecule has 1 aromatic carbocycles. The largest absolute Gasteiger partial charge is 0.300 e. The topological polar surface area (TPSA) is 57.9 Å². The molecule has 3 heteroatoms. The van der Waals surface area contributed by atoms with Gasteiger partial charge in [-0.1, -0.05) is 30.3 Å². The van der Waals surface area contributed by atoms with E-state index < -0.39 is 0 Å². The highest BCUT2D eigenvalue weighted by atomic mass is 16.1. The van der Waals surface area contributed by atoms with Crippen LogP contribution in [0.4, 0.5) is 0 Å². The van der Waals surface area contributed by atoms with Crippen molar-refractivity contribution in [3.05, 3.63) is 35.9 Å². The normalized spacial score (nSPS) is 9.72. The van der Waals surface area contributed by atoms with Crippen LogP contribution in [0.5, 0.6) is 0 Å². The third-order valence-corrected chi connectivity index (χ3v) is 2.70. The van der Waals surface area contributed by atoms with E-state index >= 15 is 0 Å². The summed E-state index contributed by atoms with van der Waals surface area (Å²) >= 11 is 0. The third-order valence-electron chi connectivity index (χ3n) is 2.70. The fraction of sp³-hybridized carbons (Fsp3) is 0.400. The van der Waals surface area contributed by atoms with Gasteiger partial charge in [-0.25, -0.2) is 0 Å². The molecule has 0 aliphatic rings. The highest BCUT2D eigenvalue weighted by Crippen LogP contribution is 2.08. The lowest BCUT2D eigenvalue weighted by Gasteiger charge is -2.01. The first-order valence-corrected chi connectivity index (χ1v) is 6.21. The molecule has 0 saturated carbocycles. The van der Waals surface area contributed by atoms with Gasteiger partial charge in [-0.15, -0.1) is 0 Å². The Kier molecular flexibility index (Phi) is 6.42. The Morgan fingerprint density at radius 1 is 1.00 bits per heavy atom. The number of benzene rings is 1. The maximum absolute atomic E-state index is 11.7. The third kappa shape index (κ3) is 5.40. The maximum Gasteiger partial charge on any atom is 0.162 e. The Bertz CT molecular complexity index is 432. The van der Waals surface area contributed by atoms with E-state index in [4.69, 9.17) is 5.26 Å². The highest BCUT2D eigenvalue weighted by Gasteiger charge is 2.07. The lowest BCUT2D eigenvalue weighted by Crippen LogP contribution is -2.02. The summed E-state index contributed by atoms with van der Waals surface area (Å²) in [7, 11) is 0. The van der Waals surface area contributed by atoms with Crippen molar-refractivity contribution in [3.63, 3.8) is 0 Å². The number of hydrogen-bond acceptors (Lipinski definition) is 3. The van der Waals surface area contributed by atoms with E-state index in [1.165, 1.54) is 0 Å². The van der Waals surface area contributed by atoms with Crippen LogP contribution in [0.1, 0.15) is 48.9 Å². The average Bonchev–Trinajstić information content (AvgIpc) is 2.40. The first-order chi connectivity index (χ1) is 8.74. The lowest BCUT2D eigenvalue weighted by atomic mass is 10.0. The van der Waals surface area contributed by atoms with Crippen LogP contribution < -0.4 is 0 Å². The molecule has 0 heterocycles. The van der Waals surface area contributed by atoms with Gasteiger partial charge >= 0.3 is 0 Å². The van der Waals surface area contributed by atoms with Gasteiger partial charge in [-0.2, -0.15) is 5.26 Å². The van der Waals surface area contributed by atoms with Crippen molar-refractivity contribution in [3.8, 4) is 6.07 Å². The van der Waals surface area contributed by atoms with Crippen LogP contribution in [-0.2, 0) is 4.79 Å². The van der Waals surface area contributed by atoms with Gasteiger partial charge in [0.15, 0.2) is 5.78 Å². The first-order valence-electron chi connectivity index (χ1n) is 6.21. The quantitative estimate of drug-likeness (QED) is 0.520. The van der Waals surface area contributed by atoms with E-state index in [1.54, 1.807) is 12.1 Å². The second-order valence-corrected chi connectivity index (χ2v) is 4.19. The van der Waals surface area contributed by atoms with E-state index in [9.17, 15) is 9.59 Å². The number of Topliss-reactive ketones (excluding diaryl/α,β-unsaturated/α-hetero) is 2. The number of rotatable bonds is 8. The van der Waals surface area contributed by atoms with E-state index in [0.717, 1.165) is 0 Å². The zero-order valence-corrected chi connectivity index (χ0v) is 10.4. The predicted molar refractivity (Wildman–Crippen MR) is 69.1 cm³/mol. The second kappa shape index (κ2) is 8.19. The Balaban J connectivity index is 2.20. The molecule has 0 aromatic heterocycles. The number of unbranched alkanes of at least 4 members (excludes halogenated alkanes) is 1. The zero-order valence-electron chi connectivity index (χ0n) is 10.4. The summed E-state index contributed by atoms with van der Waals surface area (Å²) in [5.74, 6) is 0.228. The number of nitrogens with zero attached hydrogens (tertiary/aromatic N) is 1. The number of nitriles is 1. The Hall–Kier alpha value is -1.95. The van der Waals surface area contributed by atoms with Crippen molar-refractivity contribution in [2.24, 2.45) is 0 Å². The van der Waals surface area contributed by atoms with Crippen LogP contribution in [-0.4, -0.2) is 11.6 Å². The molecule has 94 valence electrons. The maximum atomic E-state index is 11.7. The summed E-state index contributed by atoms with van der Waals surface area (Å²) in [4.78, 5) is 23.1. The summed E-state index contributed by atoms with van der Waals surface area (Å²) in [5, 5.41) is 8.35. The minimum Gasteiger partial charge on any atom is -0.300 e. The molecule has 0 amide bonds. The van der Waals surface area contributed by atoms with E-state index in [0.29, 0.717) is 44.1 Å². The second-order valence-electron chi connectivity index (χ2n) is 4.19. The molecule has 0 aliphatic heterocycles. The molecular weight excluding hydrogens is 226 g/mol. The fourth-order valence-electron chi connectivity index (χ4n) is 1.70. The Labute approximate surface area is 107 Å². The van der Waals surface area contributed by atoms with Crippen molar-refractivity contribution >= 4 is 11.6 Å². The molecule has 1 rings (SSSR count). The average molecular weight is 243 g/mol. The van der Waals surface area contributed by atoms with E-state index in [-0.39, 0.29) is 11.6 Å². The fourth-order valence-corrected chi connectivity index (χ4v) is 1.70. The van der Waals surface area contributed by atoms with E-state index in [1.807, 2.05) is 24.3 Å². The molecule has 18 heavy (non-hydrogen) atoms. The molecule has 0 radical (unpaired) electrons. The molecule has 0 fully saturated rings. The van der Waals surface area contributed by atoms with Crippen LogP contribution in [0, 0.1) is 11.3 Å². The van der Waals surface area contributed by atoms with Crippen LogP contribution >= 0.6 is 0 Å². The molecule has 0 bridgehead atoms. The first kappa shape index (κ1) is 14.1. The van der Waals surface area contributed by atoms with Crippen molar-refractivity contribution in [2.75, 3.05) is 0 Å². The van der Waals surface area contributed by atoms with Crippen molar-refractivity contribution < 1.29 is 9.59 Å². The summed E-state index contributed by atoms with van der Waals surface area (Å²) in [6, 6.07) is 11.1. The number of ketones is 2. The van der Waals surface area contributed by atoms with Crippen molar-refractivity contribution in [1.29, 1.82) is 5.26 Å². The molecule has 3 nitrogen and oxygen atoms in total. The van der Waals surface area contributed by atoms with Gasteiger partial charge in [0, 0.05) is 31.2 Å². The minimum absolute atomic E-state index is 0.0837. The number of carbonyl (C=O) groups is 2. The smallest absolute Gasteiger partial charge is 0.162 e. The molecule has 1 aromatic rings. The van der Waals surface area contributed by atoms with Gasteiger partial charge in [0.05, 0.1) is 6.07 Å². The van der Waals surface area contributed by atoms with Crippen LogP contribution in [0.2, 0.25) is 0 Å². The van der Waals surface area contributed by atoms with Crippen molar-refractivity contribution in [1.82, 2.24) is 0 Å². The van der Waals surface area contributed by atoms with Gasteiger partial charge in [0.2, 0.25) is 0 Å². The number of hydrogen-bond donors (Lipinski definition) is 0. The van der Waals surface area contributed by atoms with Crippen LogP contribution in [0.15, 0.2) is 30.3 Å². The van der Waals surface area contributed by atoms with Gasteiger partial charge in [0.25, 0.3) is 0 Å². The lowest BCUT2D eigenvalue weighted by molar-refractivity contribution is -0.119. The molecular formula is C15H17NO2. The summed E-state index contributed by atoms with van der Waals surface area (Å²) in [5.41, 5.74) is 0.703. The molecule has 0 N–H and O–H groups in total. The highest BCUT2D eigenvalue weighted by molar-refractivity contribution is 5.96. The van der Waals surface area contributed by atoms with Gasteiger partial charge in [0.1, 0.15) is 5.78 Å². The van der Waals surface area contributed by atoms with Crippen LogP contribution in [0.3, 0.4) is 0 Å². The van der Waals surface area contributed by atoms with Gasteiger partial charge in [-0.3, -0.25) is 9.59 Å². The zero-order chi connectivity index (χ0) is 13.2. The standard InChI is InChI=1S/C15H17NO2/c16-12-5-4-9-14(17)10-6-11-15(18)13-7-2-1-3-8-13/h1-3,7-8H,4-6,9-11H2. The monoisotopic (exact) mass is 243 g/mol. The van der Waals surface area contributed by atoms with Crippen LogP contribution in [0.25, 0.3) is 0 Å². The van der Waals surface area contributed by atoms with Gasteiger partial charge in [-0.05, 0) is 12.8 Å². The molecule has 0 atom stereocenters. The minimum atomic E-state index is 0.0837. The van der Waals surface area contributed by atoms with Crippen molar-refractivity contribution in [2.45, 2.75) is 38.5 Å². The summed E-state index contributed by atoms with van der Waals surface area (Å²) in [6.07, 6.45) is 2.95. The molecule has 0 saturated heterocycles. The Morgan fingerprint density at radius 2 is 1.67 bits per heavy atom. The summed E-state index contributed by atoms with van der Waals surface area (Å²) < 4.78 is 0.